The van der Waals surface area contributed by atoms with E-state index >= 15 is 4.39 Å². The first-order chi connectivity index (χ1) is 15.5. The number of halogens is 1. The minimum atomic E-state index is -1.83. The molecule has 160 valence electrons. The second-order valence-corrected chi connectivity index (χ2v) is 8.25. The van der Waals surface area contributed by atoms with Crippen LogP contribution in [0.4, 0.5) is 4.39 Å². The zero-order chi connectivity index (χ0) is 22.4. The Morgan fingerprint density at radius 2 is 1.59 bits per heavy atom. The van der Waals surface area contributed by atoms with Crippen LogP contribution in [0.2, 0.25) is 0 Å². The van der Waals surface area contributed by atoms with Crippen LogP contribution < -0.4 is 10.4 Å². The molecule has 2 unspecified atom stereocenters. The highest BCUT2D eigenvalue weighted by Gasteiger charge is 2.34. The largest absolute Gasteiger partial charge is 0.478 e. The van der Waals surface area contributed by atoms with E-state index < -0.39 is 24.0 Å². The van der Waals surface area contributed by atoms with E-state index in [0.717, 1.165) is 51.3 Å². The highest BCUT2D eigenvalue weighted by Crippen LogP contribution is 2.41. The van der Waals surface area contributed by atoms with Gasteiger partial charge in [0.05, 0.1) is 11.1 Å². The molecule has 2 atom stereocenters. The molecule has 0 heterocycles. The van der Waals surface area contributed by atoms with Gasteiger partial charge in [-0.3, -0.25) is 0 Å². The lowest BCUT2D eigenvalue weighted by atomic mass is 9.78. The molecule has 3 aromatic rings. The summed E-state index contributed by atoms with van der Waals surface area (Å²) in [6.45, 7) is 0. The van der Waals surface area contributed by atoms with Gasteiger partial charge in [-0.2, -0.15) is 0 Å². The first-order valence-electron chi connectivity index (χ1n) is 10.6. The van der Waals surface area contributed by atoms with Crippen molar-refractivity contribution in [3.8, 4) is 0 Å². The quantitative estimate of drug-likeness (QED) is 0.657. The summed E-state index contributed by atoms with van der Waals surface area (Å²) in [5.74, 6) is -3.48. The molecule has 2 aliphatic rings. The van der Waals surface area contributed by atoms with Gasteiger partial charge in [-0.1, -0.05) is 54.6 Å². The molecule has 0 aromatic heterocycles. The second kappa shape index (κ2) is 7.75. The van der Waals surface area contributed by atoms with E-state index in [2.05, 4.69) is 12.1 Å². The normalized spacial score (nSPS) is 17.1. The average Bonchev–Trinajstić information content (AvgIpc) is 2.82. The molecule has 2 aliphatic carbocycles. The molecule has 0 bridgehead atoms. The van der Waals surface area contributed by atoms with Gasteiger partial charge in [0, 0.05) is 11.5 Å². The lowest BCUT2D eigenvalue weighted by molar-refractivity contribution is 0.0690. The minimum Gasteiger partial charge on any atom is -0.478 e. The summed E-state index contributed by atoms with van der Waals surface area (Å²) in [4.78, 5) is 23.8. The summed E-state index contributed by atoms with van der Waals surface area (Å²) < 4.78 is 16.4. The van der Waals surface area contributed by atoms with Crippen molar-refractivity contribution < 1.29 is 24.2 Å². The van der Waals surface area contributed by atoms with Crippen molar-refractivity contribution >= 4 is 24.1 Å². The highest BCUT2D eigenvalue weighted by molar-refractivity contribution is 5.97. The van der Waals surface area contributed by atoms with Gasteiger partial charge in [-0.15, -0.1) is 0 Å². The van der Waals surface area contributed by atoms with Crippen LogP contribution in [0, 0.1) is 10.4 Å². The molecule has 0 aliphatic heterocycles. The molecule has 3 aromatic carbocycles. The Kier molecular flexibility index (Phi) is 4.89. The van der Waals surface area contributed by atoms with Gasteiger partial charge in [0.25, 0.3) is 0 Å². The van der Waals surface area contributed by atoms with Crippen molar-refractivity contribution in [2.45, 2.75) is 31.4 Å². The van der Waals surface area contributed by atoms with Gasteiger partial charge in [-0.25, -0.2) is 14.0 Å². The summed E-state index contributed by atoms with van der Waals surface area (Å²) in [5.41, 5.74) is 0.986. The number of carboxylic acids is 2. The Morgan fingerprint density at radius 3 is 2.31 bits per heavy atom. The molecule has 4 nitrogen and oxygen atoms in total. The van der Waals surface area contributed by atoms with E-state index in [9.17, 15) is 19.8 Å². The van der Waals surface area contributed by atoms with Crippen LogP contribution in [0.5, 0.6) is 0 Å². The first-order valence-corrected chi connectivity index (χ1v) is 10.6. The van der Waals surface area contributed by atoms with E-state index in [1.54, 1.807) is 0 Å². The Bertz CT molecular complexity index is 1460. The Balaban J connectivity index is 1.85. The van der Waals surface area contributed by atoms with Crippen LogP contribution >= 0.6 is 0 Å². The van der Waals surface area contributed by atoms with Crippen LogP contribution in [0.1, 0.15) is 62.3 Å². The molecule has 5 heteroatoms. The summed E-state index contributed by atoms with van der Waals surface area (Å²) in [7, 11) is 0. The zero-order valence-electron chi connectivity index (χ0n) is 17.2. The van der Waals surface area contributed by atoms with Gasteiger partial charge in [0.1, 0.15) is 6.17 Å². The van der Waals surface area contributed by atoms with E-state index in [0.29, 0.717) is 0 Å². The third-order valence-electron chi connectivity index (χ3n) is 6.49. The number of hydrogen-bond donors (Lipinski definition) is 2. The smallest absolute Gasteiger partial charge is 0.336 e. The summed E-state index contributed by atoms with van der Waals surface area (Å²) in [5, 5.41) is 23.2. The number of hydrogen-bond acceptors (Lipinski definition) is 2. The SMILES string of the molecule is O=C(O)c1cccc(C(=O)O)c1C(F)C1C=c2ccccc2=c2ccc3c(c21)CCCC=3. The number of carbonyl (C=O) groups is 2. The number of aromatic carboxylic acids is 2. The van der Waals surface area contributed by atoms with Crippen molar-refractivity contribution in [1.82, 2.24) is 0 Å². The molecule has 0 radical (unpaired) electrons. The third-order valence-corrected chi connectivity index (χ3v) is 6.49. The average molecular weight is 428 g/mol. The van der Waals surface area contributed by atoms with E-state index in [1.165, 1.54) is 18.2 Å². The lowest BCUT2D eigenvalue weighted by Crippen LogP contribution is -2.25. The van der Waals surface area contributed by atoms with Crippen LogP contribution in [0.25, 0.3) is 12.2 Å². The molecule has 0 spiro atoms. The summed E-state index contributed by atoms with van der Waals surface area (Å²) >= 11 is 0. The predicted molar refractivity (Wildman–Crippen MR) is 119 cm³/mol. The fraction of sp³-hybridized carbons (Fsp3) is 0.185. The number of rotatable bonds is 4. The van der Waals surface area contributed by atoms with Crippen molar-refractivity contribution in [1.29, 1.82) is 0 Å². The number of benzene rings is 3. The maximum atomic E-state index is 16.4. The Hall–Kier alpha value is -3.73. The monoisotopic (exact) mass is 428 g/mol. The Labute approximate surface area is 183 Å². The van der Waals surface area contributed by atoms with E-state index in [4.69, 9.17) is 0 Å². The fourth-order valence-corrected chi connectivity index (χ4v) is 5.11. The van der Waals surface area contributed by atoms with Gasteiger partial charge in [0.15, 0.2) is 0 Å². The van der Waals surface area contributed by atoms with Crippen molar-refractivity contribution in [2.75, 3.05) is 0 Å². The highest BCUT2D eigenvalue weighted by atomic mass is 19.1. The lowest BCUT2D eigenvalue weighted by Gasteiger charge is -2.27. The van der Waals surface area contributed by atoms with Crippen LogP contribution in [0.3, 0.4) is 0 Å². The van der Waals surface area contributed by atoms with Crippen molar-refractivity contribution in [3.63, 3.8) is 0 Å². The van der Waals surface area contributed by atoms with E-state index in [-0.39, 0.29) is 16.7 Å². The standard InChI is InChI=1S/C27H21FO4/c28-25(24-20(26(29)30)10-5-11-21(24)27(31)32)22-14-16-7-2-3-8-17(16)19-13-12-15-6-1-4-9-18(15)23(19)22/h2-3,5-8,10-14,22,25H,1,4,9H2,(H,29,30)(H,31,32). The molecular formula is C27H21FO4. The number of alkyl halides is 1. The van der Waals surface area contributed by atoms with E-state index in [1.807, 2.05) is 36.4 Å². The minimum absolute atomic E-state index is 0.281. The topological polar surface area (TPSA) is 74.6 Å². The van der Waals surface area contributed by atoms with Gasteiger partial charge < -0.3 is 10.2 Å². The maximum Gasteiger partial charge on any atom is 0.336 e. The van der Waals surface area contributed by atoms with Gasteiger partial charge >= 0.3 is 11.9 Å². The number of carboxylic acid groups (broad SMARTS) is 2. The molecule has 5 rings (SSSR count). The molecule has 2 N–H and O–H groups in total. The third kappa shape index (κ3) is 3.12. The zero-order valence-corrected chi connectivity index (χ0v) is 17.2. The maximum absolute atomic E-state index is 16.4. The molecule has 0 fully saturated rings. The molecular weight excluding hydrogens is 407 g/mol. The van der Waals surface area contributed by atoms with Crippen LogP contribution in [-0.2, 0) is 6.42 Å². The molecule has 0 saturated carbocycles. The summed E-state index contributed by atoms with van der Waals surface area (Å²) in [6.07, 6.45) is 4.87. The second-order valence-electron chi connectivity index (χ2n) is 8.25. The van der Waals surface area contributed by atoms with Crippen LogP contribution in [0.15, 0.2) is 54.6 Å². The fourth-order valence-electron chi connectivity index (χ4n) is 5.11. The number of fused-ring (bicyclic) bond motifs is 4. The summed E-state index contributed by atoms with van der Waals surface area (Å²) in [6, 6.07) is 15.7. The van der Waals surface area contributed by atoms with Crippen molar-refractivity contribution in [2.24, 2.45) is 0 Å². The van der Waals surface area contributed by atoms with Gasteiger partial charge in [-0.05, 0) is 63.4 Å². The van der Waals surface area contributed by atoms with Gasteiger partial charge in [0.2, 0.25) is 0 Å². The van der Waals surface area contributed by atoms with Crippen LogP contribution in [-0.4, -0.2) is 22.2 Å². The first kappa shape index (κ1) is 20.2. The van der Waals surface area contributed by atoms with Crippen molar-refractivity contribution in [3.05, 3.63) is 103 Å². The predicted octanol–water partition coefficient (Wildman–Crippen LogP) is 4.08. The molecule has 0 saturated heterocycles. The Morgan fingerprint density at radius 1 is 0.875 bits per heavy atom. The molecule has 0 amide bonds. The molecule has 32 heavy (non-hydrogen) atoms.